The molecule has 3 unspecified atom stereocenters. The second-order valence-electron chi connectivity index (χ2n) is 8.79. The zero-order chi connectivity index (χ0) is 24.3. The van der Waals surface area contributed by atoms with Gasteiger partial charge in [-0.2, -0.15) is 0 Å². The smallest absolute Gasteiger partial charge is 0.322 e. The minimum atomic E-state index is -1.18. The van der Waals surface area contributed by atoms with Crippen LogP contribution in [0.3, 0.4) is 0 Å². The Morgan fingerprint density at radius 1 is 0.844 bits per heavy atom. The molecule has 1 aromatic carbocycles. The molecule has 0 bridgehead atoms. The number of amides is 3. The Balaban J connectivity index is 3.00. The molecule has 0 fully saturated rings. The van der Waals surface area contributed by atoms with Gasteiger partial charge in [0.15, 0.2) is 0 Å². The predicted molar refractivity (Wildman–Crippen MR) is 122 cm³/mol. The molecule has 1 rings (SSSR count). The first kappa shape index (κ1) is 27.1. The van der Waals surface area contributed by atoms with E-state index >= 15 is 0 Å². The predicted octanol–water partition coefficient (Wildman–Crippen LogP) is 0.819. The molecule has 0 aromatic heterocycles. The number of carbonyl (C=O) groups excluding carboxylic acids is 3. The summed E-state index contributed by atoms with van der Waals surface area (Å²) in [5.41, 5.74) is 6.81. The molecule has 0 radical (unpaired) electrons. The first-order valence-electron chi connectivity index (χ1n) is 10.9. The van der Waals surface area contributed by atoms with Crippen LogP contribution in [0.5, 0.6) is 0 Å². The van der Waals surface area contributed by atoms with Crippen molar-refractivity contribution in [2.75, 3.05) is 6.54 Å². The maximum Gasteiger partial charge on any atom is 0.322 e. The molecule has 0 heterocycles. The standard InChI is InChI=1S/C23H36N4O5/c1-14(2)10-17(24)21(30)26-19(12-16-8-6-5-7-9-16)23(32)27-18(11-15(3)4)22(31)25-13-20(28)29/h5-9,14-15,17-19H,10-13,24H2,1-4H3,(H,25,31)(H,26,30)(H,27,32)(H,28,29). The first-order chi connectivity index (χ1) is 15.0. The largest absolute Gasteiger partial charge is 0.480 e. The highest BCUT2D eigenvalue weighted by molar-refractivity contribution is 5.93. The van der Waals surface area contributed by atoms with E-state index in [9.17, 15) is 19.2 Å². The fraction of sp³-hybridized carbons (Fsp3) is 0.565. The highest BCUT2D eigenvalue weighted by Gasteiger charge is 2.29. The molecule has 9 nitrogen and oxygen atoms in total. The number of nitrogens with two attached hydrogens (primary N) is 1. The second-order valence-corrected chi connectivity index (χ2v) is 8.79. The van der Waals surface area contributed by atoms with E-state index in [0.717, 1.165) is 5.56 Å². The molecular weight excluding hydrogens is 412 g/mol. The van der Waals surface area contributed by atoms with E-state index < -0.39 is 48.4 Å². The summed E-state index contributed by atoms with van der Waals surface area (Å²) >= 11 is 0. The van der Waals surface area contributed by atoms with Crippen LogP contribution >= 0.6 is 0 Å². The molecule has 0 saturated carbocycles. The second kappa shape index (κ2) is 13.5. The monoisotopic (exact) mass is 448 g/mol. The van der Waals surface area contributed by atoms with Crippen molar-refractivity contribution in [3.05, 3.63) is 35.9 Å². The lowest BCUT2D eigenvalue weighted by Crippen LogP contribution is -2.57. The zero-order valence-corrected chi connectivity index (χ0v) is 19.3. The summed E-state index contributed by atoms with van der Waals surface area (Å²) < 4.78 is 0. The molecule has 3 atom stereocenters. The van der Waals surface area contributed by atoms with Crippen LogP contribution in [0.4, 0.5) is 0 Å². The van der Waals surface area contributed by atoms with E-state index in [-0.39, 0.29) is 18.3 Å². The summed E-state index contributed by atoms with van der Waals surface area (Å²) in [7, 11) is 0. The van der Waals surface area contributed by atoms with Crippen molar-refractivity contribution in [2.45, 2.75) is 65.1 Å². The highest BCUT2D eigenvalue weighted by atomic mass is 16.4. The van der Waals surface area contributed by atoms with E-state index in [4.69, 9.17) is 10.8 Å². The minimum Gasteiger partial charge on any atom is -0.480 e. The summed E-state index contributed by atoms with van der Waals surface area (Å²) in [5, 5.41) is 16.5. The van der Waals surface area contributed by atoms with E-state index in [0.29, 0.717) is 12.8 Å². The lowest BCUT2D eigenvalue weighted by atomic mass is 10.00. The number of carboxylic acids is 1. The first-order valence-corrected chi connectivity index (χ1v) is 10.9. The molecule has 0 aliphatic carbocycles. The Hall–Kier alpha value is -2.94. The van der Waals surface area contributed by atoms with E-state index in [2.05, 4.69) is 16.0 Å². The Morgan fingerprint density at radius 3 is 1.94 bits per heavy atom. The van der Waals surface area contributed by atoms with Gasteiger partial charge in [0, 0.05) is 6.42 Å². The number of aliphatic carboxylic acids is 1. The topological polar surface area (TPSA) is 151 Å². The van der Waals surface area contributed by atoms with Gasteiger partial charge in [0.1, 0.15) is 18.6 Å². The zero-order valence-electron chi connectivity index (χ0n) is 19.3. The van der Waals surface area contributed by atoms with Gasteiger partial charge in [0.2, 0.25) is 17.7 Å². The Bertz CT molecular complexity index is 767. The number of carboxylic acid groups (broad SMARTS) is 1. The lowest BCUT2D eigenvalue weighted by Gasteiger charge is -2.25. The van der Waals surface area contributed by atoms with Crippen molar-refractivity contribution < 1.29 is 24.3 Å². The van der Waals surface area contributed by atoms with Crippen LogP contribution < -0.4 is 21.7 Å². The van der Waals surface area contributed by atoms with Gasteiger partial charge in [-0.15, -0.1) is 0 Å². The number of hydrogen-bond donors (Lipinski definition) is 5. The van der Waals surface area contributed by atoms with Crippen LogP contribution in [0, 0.1) is 11.8 Å². The van der Waals surface area contributed by atoms with E-state index in [1.165, 1.54) is 0 Å². The summed E-state index contributed by atoms with van der Waals surface area (Å²) in [6.45, 7) is 7.13. The van der Waals surface area contributed by atoms with Crippen molar-refractivity contribution in [3.8, 4) is 0 Å². The Morgan fingerprint density at radius 2 is 1.41 bits per heavy atom. The van der Waals surface area contributed by atoms with Crippen LogP contribution in [-0.4, -0.2) is 53.5 Å². The maximum atomic E-state index is 13.1. The highest BCUT2D eigenvalue weighted by Crippen LogP contribution is 2.09. The van der Waals surface area contributed by atoms with Crippen LogP contribution in [0.2, 0.25) is 0 Å². The Labute approximate surface area is 189 Å². The lowest BCUT2D eigenvalue weighted by molar-refractivity contribution is -0.138. The van der Waals surface area contributed by atoms with Crippen LogP contribution in [-0.2, 0) is 25.6 Å². The molecule has 9 heteroatoms. The molecule has 1 aromatic rings. The van der Waals surface area contributed by atoms with Crippen molar-refractivity contribution >= 4 is 23.7 Å². The van der Waals surface area contributed by atoms with Crippen molar-refractivity contribution in [1.29, 1.82) is 0 Å². The van der Waals surface area contributed by atoms with Gasteiger partial charge in [-0.3, -0.25) is 19.2 Å². The van der Waals surface area contributed by atoms with Gasteiger partial charge >= 0.3 is 5.97 Å². The van der Waals surface area contributed by atoms with Crippen molar-refractivity contribution in [1.82, 2.24) is 16.0 Å². The Kier molecular flexibility index (Phi) is 11.4. The number of hydrogen-bond acceptors (Lipinski definition) is 5. The van der Waals surface area contributed by atoms with Crippen molar-refractivity contribution in [2.24, 2.45) is 17.6 Å². The van der Waals surface area contributed by atoms with Crippen LogP contribution in [0.1, 0.15) is 46.1 Å². The SMILES string of the molecule is CC(C)CC(N)C(=O)NC(Cc1ccccc1)C(=O)NC(CC(C)C)C(=O)NCC(=O)O. The fourth-order valence-corrected chi connectivity index (χ4v) is 3.21. The molecule has 0 saturated heterocycles. The number of benzene rings is 1. The molecule has 32 heavy (non-hydrogen) atoms. The summed E-state index contributed by atoms with van der Waals surface area (Å²) in [5.74, 6) is -2.46. The van der Waals surface area contributed by atoms with Crippen molar-refractivity contribution in [3.63, 3.8) is 0 Å². The molecule has 3 amide bonds. The average molecular weight is 449 g/mol. The van der Waals surface area contributed by atoms with E-state index in [1.54, 1.807) is 0 Å². The van der Waals surface area contributed by atoms with Gasteiger partial charge < -0.3 is 26.8 Å². The van der Waals surface area contributed by atoms with Gasteiger partial charge in [-0.05, 0) is 30.2 Å². The summed E-state index contributed by atoms with van der Waals surface area (Å²) in [4.78, 5) is 48.9. The molecule has 178 valence electrons. The summed E-state index contributed by atoms with van der Waals surface area (Å²) in [6, 6.07) is 6.56. The quantitative estimate of drug-likeness (QED) is 0.301. The molecule has 0 aliphatic heterocycles. The van der Waals surface area contributed by atoms with Gasteiger partial charge in [-0.25, -0.2) is 0 Å². The normalized spacial score (nSPS) is 13.8. The molecule has 6 N–H and O–H groups in total. The third-order valence-electron chi connectivity index (χ3n) is 4.73. The van der Waals surface area contributed by atoms with Gasteiger partial charge in [-0.1, -0.05) is 58.0 Å². The molecular formula is C23H36N4O5. The maximum absolute atomic E-state index is 13.1. The molecule has 0 spiro atoms. The van der Waals surface area contributed by atoms with Gasteiger partial charge in [0.05, 0.1) is 6.04 Å². The molecule has 0 aliphatic rings. The van der Waals surface area contributed by atoms with Gasteiger partial charge in [0.25, 0.3) is 0 Å². The fourth-order valence-electron chi connectivity index (χ4n) is 3.21. The number of nitrogens with one attached hydrogen (secondary N) is 3. The number of rotatable bonds is 13. The van der Waals surface area contributed by atoms with E-state index in [1.807, 2.05) is 58.0 Å². The number of carbonyl (C=O) groups is 4. The van der Waals surface area contributed by atoms with Crippen LogP contribution in [0.15, 0.2) is 30.3 Å². The average Bonchev–Trinajstić information content (AvgIpc) is 2.70. The van der Waals surface area contributed by atoms with Crippen LogP contribution in [0.25, 0.3) is 0 Å². The third-order valence-corrected chi connectivity index (χ3v) is 4.73. The summed E-state index contributed by atoms with van der Waals surface area (Å²) in [6.07, 6.45) is 1.01. The minimum absolute atomic E-state index is 0.0671. The third kappa shape index (κ3) is 10.4.